The van der Waals surface area contributed by atoms with Gasteiger partial charge < -0.3 is 10.5 Å². The molecular weight excluding hydrogens is 330 g/mol. The van der Waals surface area contributed by atoms with Crippen molar-refractivity contribution in [1.29, 1.82) is 0 Å². The molecule has 0 amide bonds. The van der Waals surface area contributed by atoms with Crippen LogP contribution in [0, 0.1) is 12.3 Å². The summed E-state index contributed by atoms with van der Waals surface area (Å²) in [5.74, 6) is 4.05. The number of thioether (sulfide) groups is 1. The lowest BCUT2D eigenvalue weighted by molar-refractivity contribution is 0.366. The molecule has 0 aliphatic carbocycles. The second kappa shape index (κ2) is 10.2. The van der Waals surface area contributed by atoms with Gasteiger partial charge in [0.2, 0.25) is 0 Å². The molecule has 0 saturated carbocycles. The Morgan fingerprint density at radius 2 is 2.08 bits per heavy atom. The fourth-order valence-corrected chi connectivity index (χ4v) is 2.74. The molecule has 0 saturated heterocycles. The second-order valence-electron chi connectivity index (χ2n) is 5.17. The maximum Gasteiger partial charge on any atom is 0.180 e. The Balaban J connectivity index is 1.95. The lowest BCUT2D eigenvalue weighted by atomic mass is 10.1. The molecule has 0 atom stereocenters. The third-order valence-electron chi connectivity index (χ3n) is 3.37. The van der Waals surface area contributed by atoms with Gasteiger partial charge in [-0.1, -0.05) is 54.9 Å². The molecule has 128 valence electrons. The van der Waals surface area contributed by atoms with Gasteiger partial charge >= 0.3 is 0 Å². The number of rotatable bonds is 7. The van der Waals surface area contributed by atoms with E-state index in [1.54, 1.807) is 6.21 Å². The van der Waals surface area contributed by atoms with Gasteiger partial charge in [0.25, 0.3) is 0 Å². The number of ether oxygens (including phenoxy) is 1. The van der Waals surface area contributed by atoms with E-state index in [0.717, 1.165) is 29.1 Å². The van der Waals surface area contributed by atoms with E-state index in [4.69, 9.17) is 16.9 Å². The fraction of sp³-hybridized carbons (Fsp3) is 0.200. The molecule has 4 nitrogen and oxygen atoms in total. The number of hydrogen-bond donors (Lipinski definition) is 1. The van der Waals surface area contributed by atoms with E-state index >= 15 is 0 Å². The summed E-state index contributed by atoms with van der Waals surface area (Å²) < 4.78 is 5.52. The molecule has 2 rings (SSSR count). The Kier molecular flexibility index (Phi) is 7.61. The number of nitrogens with zero attached hydrogens (tertiary/aromatic N) is 2. The predicted octanol–water partition coefficient (Wildman–Crippen LogP) is 3.84. The first-order chi connectivity index (χ1) is 12.2. The summed E-state index contributed by atoms with van der Waals surface area (Å²) in [4.78, 5) is 0. The Labute approximate surface area is 153 Å². The van der Waals surface area contributed by atoms with Crippen molar-refractivity contribution in [3.63, 3.8) is 0 Å². The van der Waals surface area contributed by atoms with Crippen LogP contribution in [0.4, 0.5) is 0 Å². The highest BCUT2D eigenvalue weighted by Gasteiger charge is 2.02. The molecule has 25 heavy (non-hydrogen) atoms. The quantitative estimate of drug-likeness (QED) is 0.357. The first-order valence-electron chi connectivity index (χ1n) is 7.95. The summed E-state index contributed by atoms with van der Waals surface area (Å²) in [5.41, 5.74) is 9.10. The Hall–Kier alpha value is -2.71. The predicted molar refractivity (Wildman–Crippen MR) is 107 cm³/mol. The fourth-order valence-electron chi connectivity index (χ4n) is 2.13. The van der Waals surface area contributed by atoms with E-state index in [9.17, 15) is 0 Å². The molecule has 0 fully saturated rings. The molecule has 2 N–H and O–H groups in total. The van der Waals surface area contributed by atoms with Crippen LogP contribution in [-0.2, 0) is 12.2 Å². The Bertz CT molecular complexity index is 779. The second-order valence-corrected chi connectivity index (χ2v) is 6.17. The highest BCUT2D eigenvalue weighted by Crippen LogP contribution is 2.20. The molecule has 0 heterocycles. The van der Waals surface area contributed by atoms with Gasteiger partial charge in [0.05, 0.1) is 6.21 Å². The average molecular weight is 351 g/mol. The summed E-state index contributed by atoms with van der Waals surface area (Å²) in [7, 11) is 0. The van der Waals surface area contributed by atoms with Crippen molar-refractivity contribution in [3.05, 3.63) is 65.2 Å². The van der Waals surface area contributed by atoms with E-state index in [1.165, 1.54) is 17.3 Å². The lowest BCUT2D eigenvalue weighted by Gasteiger charge is -2.08. The maximum atomic E-state index is 5.88. The number of nitrogens with two attached hydrogens (primary N) is 1. The van der Waals surface area contributed by atoms with Crippen LogP contribution in [0.15, 0.2) is 58.7 Å². The summed E-state index contributed by atoms with van der Waals surface area (Å²) in [5, 5.41) is 8.53. The van der Waals surface area contributed by atoms with Crippen LogP contribution in [0.5, 0.6) is 5.75 Å². The van der Waals surface area contributed by atoms with Crippen molar-refractivity contribution in [1.82, 2.24) is 0 Å². The minimum Gasteiger partial charge on any atom is -0.481 e. The molecule has 0 aliphatic heterocycles. The SMILES string of the molecule is C#CCOc1ccc(C=NN=C(N)SCc2ccccc2)cc1CC. The number of terminal acetylenes is 1. The molecule has 0 unspecified atom stereocenters. The van der Waals surface area contributed by atoms with Crippen molar-refractivity contribution in [2.75, 3.05) is 6.61 Å². The molecule has 0 aromatic heterocycles. The van der Waals surface area contributed by atoms with Crippen LogP contribution in [-0.4, -0.2) is 18.0 Å². The van der Waals surface area contributed by atoms with Crippen molar-refractivity contribution < 1.29 is 4.74 Å². The molecule has 0 aliphatic rings. The Morgan fingerprint density at radius 3 is 2.80 bits per heavy atom. The van der Waals surface area contributed by atoms with E-state index in [0.29, 0.717) is 5.17 Å². The molecule has 0 bridgehead atoms. The van der Waals surface area contributed by atoms with Crippen molar-refractivity contribution in [2.24, 2.45) is 15.9 Å². The highest BCUT2D eigenvalue weighted by molar-refractivity contribution is 8.13. The van der Waals surface area contributed by atoms with Gasteiger partial charge in [-0.15, -0.1) is 11.5 Å². The minimum absolute atomic E-state index is 0.264. The van der Waals surface area contributed by atoms with E-state index in [2.05, 4.69) is 35.2 Å². The lowest BCUT2D eigenvalue weighted by Crippen LogP contribution is -2.06. The van der Waals surface area contributed by atoms with Crippen LogP contribution in [0.3, 0.4) is 0 Å². The first-order valence-corrected chi connectivity index (χ1v) is 8.94. The number of benzene rings is 2. The number of aryl methyl sites for hydroxylation is 1. The molecule has 2 aromatic rings. The molecular formula is C20H21N3OS. The van der Waals surface area contributed by atoms with Crippen LogP contribution in [0.25, 0.3) is 0 Å². The zero-order valence-electron chi connectivity index (χ0n) is 14.2. The Morgan fingerprint density at radius 1 is 1.28 bits per heavy atom. The number of amidine groups is 1. The van der Waals surface area contributed by atoms with Gasteiger partial charge in [0, 0.05) is 5.75 Å². The summed E-state index contributed by atoms with van der Waals surface area (Å²) >= 11 is 1.46. The van der Waals surface area contributed by atoms with Crippen LogP contribution in [0.2, 0.25) is 0 Å². The van der Waals surface area contributed by atoms with Crippen LogP contribution < -0.4 is 10.5 Å². The first kappa shape index (κ1) is 18.6. The van der Waals surface area contributed by atoms with Gasteiger partial charge in [-0.25, -0.2) is 0 Å². The minimum atomic E-state index is 0.264. The van der Waals surface area contributed by atoms with Gasteiger partial charge in [-0.2, -0.15) is 5.10 Å². The number of hydrogen-bond acceptors (Lipinski definition) is 4. The van der Waals surface area contributed by atoms with Crippen molar-refractivity contribution in [2.45, 2.75) is 19.1 Å². The summed E-state index contributed by atoms with van der Waals surface area (Å²) in [6.45, 7) is 2.33. The van der Waals surface area contributed by atoms with Crippen LogP contribution >= 0.6 is 11.8 Å². The van der Waals surface area contributed by atoms with E-state index < -0.39 is 0 Å². The van der Waals surface area contributed by atoms with Gasteiger partial charge in [0.1, 0.15) is 12.4 Å². The van der Waals surface area contributed by atoms with Gasteiger partial charge in [-0.3, -0.25) is 0 Å². The molecule has 5 heteroatoms. The zero-order chi connectivity index (χ0) is 17.9. The topological polar surface area (TPSA) is 60.0 Å². The zero-order valence-corrected chi connectivity index (χ0v) is 15.0. The summed E-state index contributed by atoms with van der Waals surface area (Å²) in [6, 6.07) is 15.9. The highest BCUT2D eigenvalue weighted by atomic mass is 32.2. The smallest absolute Gasteiger partial charge is 0.180 e. The van der Waals surface area contributed by atoms with E-state index in [-0.39, 0.29) is 6.61 Å². The monoisotopic (exact) mass is 351 g/mol. The third-order valence-corrected chi connectivity index (χ3v) is 4.22. The standard InChI is InChI=1S/C20H21N3OS/c1-3-12-24-19-11-10-17(13-18(19)4-2)14-22-23-20(21)25-15-16-8-6-5-7-9-16/h1,5-11,13-14H,4,12,15H2,2H3,(H2,21,23). The molecule has 2 aromatic carbocycles. The normalized spacial score (nSPS) is 11.4. The van der Waals surface area contributed by atoms with Crippen molar-refractivity contribution >= 4 is 23.1 Å². The van der Waals surface area contributed by atoms with Gasteiger partial charge in [0.15, 0.2) is 5.17 Å². The average Bonchev–Trinajstić information content (AvgIpc) is 2.66. The maximum absolute atomic E-state index is 5.88. The molecule has 0 radical (unpaired) electrons. The van der Waals surface area contributed by atoms with Crippen molar-refractivity contribution in [3.8, 4) is 18.1 Å². The third kappa shape index (κ3) is 6.36. The largest absolute Gasteiger partial charge is 0.481 e. The van der Waals surface area contributed by atoms with Crippen LogP contribution in [0.1, 0.15) is 23.6 Å². The van der Waals surface area contributed by atoms with Gasteiger partial charge in [-0.05, 0) is 41.3 Å². The summed E-state index contributed by atoms with van der Waals surface area (Å²) in [6.07, 6.45) is 7.76. The molecule has 0 spiro atoms. The van der Waals surface area contributed by atoms with E-state index in [1.807, 2.05) is 36.4 Å².